The first-order valence-electron chi connectivity index (χ1n) is 7.00. The van der Waals surface area contributed by atoms with Gasteiger partial charge in [0.25, 0.3) is 0 Å². The first-order chi connectivity index (χ1) is 10.0. The molecule has 0 unspecified atom stereocenters. The normalized spacial score (nSPS) is 22.8. The van der Waals surface area contributed by atoms with Gasteiger partial charge >= 0.3 is 0 Å². The molecular weight excluding hydrogens is 345 g/mol. The highest BCUT2D eigenvalue weighted by Gasteiger charge is 2.41. The lowest BCUT2D eigenvalue weighted by atomic mass is 9.86. The molecule has 0 saturated carbocycles. The number of hydrogen-bond donors (Lipinski definition) is 1. The highest BCUT2D eigenvalue weighted by atomic mass is 35.5. The van der Waals surface area contributed by atoms with E-state index >= 15 is 0 Å². The topological polar surface area (TPSA) is 63.2 Å². The molecule has 1 N–H and O–H groups in total. The van der Waals surface area contributed by atoms with E-state index in [0.29, 0.717) is 5.02 Å². The molecule has 2 rings (SSSR count). The van der Waals surface area contributed by atoms with Crippen LogP contribution in [0.1, 0.15) is 27.2 Å². The average molecular weight is 364 g/mol. The fourth-order valence-electron chi connectivity index (χ4n) is 2.55. The zero-order valence-corrected chi connectivity index (χ0v) is 15.0. The van der Waals surface area contributed by atoms with Crippen molar-refractivity contribution in [2.24, 2.45) is 5.41 Å². The molecule has 7 heteroatoms. The van der Waals surface area contributed by atoms with Crippen molar-refractivity contribution in [3.05, 3.63) is 28.2 Å². The number of nitrogens with one attached hydrogen (secondary N) is 1. The van der Waals surface area contributed by atoms with E-state index in [1.807, 2.05) is 20.8 Å². The van der Waals surface area contributed by atoms with Crippen LogP contribution in [0.15, 0.2) is 23.1 Å². The molecule has 22 heavy (non-hydrogen) atoms. The van der Waals surface area contributed by atoms with Crippen LogP contribution in [-0.2, 0) is 14.6 Å². The van der Waals surface area contributed by atoms with Gasteiger partial charge in [0.15, 0.2) is 15.6 Å². The highest BCUT2D eigenvalue weighted by molar-refractivity contribution is 7.92. The summed E-state index contributed by atoms with van der Waals surface area (Å²) in [5.41, 5.74) is -0.506. The second kappa shape index (κ2) is 6.11. The predicted molar refractivity (Wildman–Crippen MR) is 88.3 cm³/mol. The van der Waals surface area contributed by atoms with Crippen LogP contribution in [-0.4, -0.2) is 32.0 Å². The first-order valence-corrected chi connectivity index (χ1v) is 9.30. The van der Waals surface area contributed by atoms with Crippen LogP contribution in [0.2, 0.25) is 10.0 Å². The Morgan fingerprint density at radius 2 is 1.91 bits per heavy atom. The maximum atomic E-state index is 12.7. The Balaban J connectivity index is 2.24. The summed E-state index contributed by atoms with van der Waals surface area (Å²) in [6.07, 6.45) is 0.261. The van der Waals surface area contributed by atoms with Gasteiger partial charge in [0.1, 0.15) is 0 Å². The van der Waals surface area contributed by atoms with E-state index in [1.54, 1.807) is 0 Å². The lowest BCUT2D eigenvalue weighted by Crippen LogP contribution is -2.38. The Hall–Kier alpha value is -0.620. The molecule has 0 aromatic heterocycles. The van der Waals surface area contributed by atoms with Gasteiger partial charge < -0.3 is 5.32 Å². The monoisotopic (exact) mass is 363 g/mol. The zero-order valence-electron chi connectivity index (χ0n) is 12.7. The molecule has 1 fully saturated rings. The standard InChI is InChI=1S/C15H19Cl2NO3S/c1-15(2,3)14(19)12-7-10(8-18-12)22(20,21)13-5-4-9(16)6-11(13)17/h4-6,10,12,18H,7-8H2,1-3H3/t10-,12+/m1/s1. The number of rotatable bonds is 3. The van der Waals surface area contributed by atoms with Crippen molar-refractivity contribution < 1.29 is 13.2 Å². The number of benzene rings is 1. The Kier molecular flexibility index (Phi) is 4.93. The molecule has 0 aliphatic carbocycles. The number of ketones is 1. The molecule has 2 atom stereocenters. The van der Waals surface area contributed by atoms with Crippen LogP contribution in [0.3, 0.4) is 0 Å². The summed E-state index contributed by atoms with van der Waals surface area (Å²) in [6.45, 7) is 5.73. The molecule has 1 aliphatic heterocycles. The second-order valence-electron chi connectivity index (χ2n) is 6.55. The van der Waals surface area contributed by atoms with Gasteiger partial charge in [-0.25, -0.2) is 8.42 Å². The summed E-state index contributed by atoms with van der Waals surface area (Å²) in [7, 11) is -3.60. The third-order valence-corrected chi connectivity index (χ3v) is 6.65. The fraction of sp³-hybridized carbons (Fsp3) is 0.533. The van der Waals surface area contributed by atoms with Crippen LogP contribution >= 0.6 is 23.2 Å². The summed E-state index contributed by atoms with van der Waals surface area (Å²) in [6, 6.07) is 3.89. The minimum absolute atomic E-state index is 0.0207. The van der Waals surface area contributed by atoms with Crippen LogP contribution < -0.4 is 5.32 Å². The van der Waals surface area contributed by atoms with Gasteiger partial charge in [-0.1, -0.05) is 44.0 Å². The van der Waals surface area contributed by atoms with Gasteiger partial charge in [0, 0.05) is 17.0 Å². The van der Waals surface area contributed by atoms with Gasteiger partial charge in [-0.3, -0.25) is 4.79 Å². The highest BCUT2D eigenvalue weighted by Crippen LogP contribution is 2.31. The molecule has 122 valence electrons. The van der Waals surface area contributed by atoms with Crippen molar-refractivity contribution in [1.29, 1.82) is 0 Å². The van der Waals surface area contributed by atoms with Crippen molar-refractivity contribution in [2.45, 2.75) is 43.4 Å². The molecule has 1 saturated heterocycles. The van der Waals surface area contributed by atoms with Gasteiger partial charge in [0.2, 0.25) is 0 Å². The Bertz CT molecular complexity index is 695. The minimum atomic E-state index is -3.60. The van der Waals surface area contributed by atoms with Crippen LogP contribution in [0.25, 0.3) is 0 Å². The lowest BCUT2D eigenvalue weighted by molar-refractivity contribution is -0.128. The lowest BCUT2D eigenvalue weighted by Gasteiger charge is -2.21. The Morgan fingerprint density at radius 1 is 1.27 bits per heavy atom. The summed E-state index contributed by atoms with van der Waals surface area (Å²) >= 11 is 11.8. The smallest absolute Gasteiger partial charge is 0.184 e. The Morgan fingerprint density at radius 3 is 2.45 bits per heavy atom. The molecular formula is C15H19Cl2NO3S. The molecule has 0 amide bonds. The molecule has 1 aromatic rings. The fourth-order valence-corrected chi connectivity index (χ4v) is 4.99. The average Bonchev–Trinajstić information content (AvgIpc) is 2.86. The van der Waals surface area contributed by atoms with E-state index in [9.17, 15) is 13.2 Å². The largest absolute Gasteiger partial charge is 0.306 e. The van der Waals surface area contributed by atoms with Gasteiger partial charge in [-0.05, 0) is 24.6 Å². The number of hydrogen-bond acceptors (Lipinski definition) is 4. The van der Waals surface area contributed by atoms with Crippen molar-refractivity contribution in [3.63, 3.8) is 0 Å². The summed E-state index contributed by atoms with van der Waals surface area (Å²) in [5, 5.41) is 2.85. The van der Waals surface area contributed by atoms with E-state index in [-0.39, 0.29) is 28.7 Å². The minimum Gasteiger partial charge on any atom is -0.306 e. The van der Waals surface area contributed by atoms with E-state index < -0.39 is 26.5 Å². The second-order valence-corrected chi connectivity index (χ2v) is 9.59. The number of halogens is 2. The first kappa shape index (κ1) is 17.7. The molecule has 1 heterocycles. The maximum absolute atomic E-state index is 12.7. The number of Topliss-reactive ketones (excluding diaryl/α,β-unsaturated/α-hetero) is 1. The number of carbonyl (C=O) groups is 1. The quantitative estimate of drug-likeness (QED) is 0.895. The molecule has 0 radical (unpaired) electrons. The van der Waals surface area contributed by atoms with Crippen LogP contribution in [0, 0.1) is 5.41 Å². The van der Waals surface area contributed by atoms with Crippen molar-refractivity contribution in [2.75, 3.05) is 6.54 Å². The van der Waals surface area contributed by atoms with E-state index in [0.717, 1.165) is 0 Å². The van der Waals surface area contributed by atoms with Crippen LogP contribution in [0.4, 0.5) is 0 Å². The molecule has 4 nitrogen and oxygen atoms in total. The summed E-state index contributed by atoms with van der Waals surface area (Å²) < 4.78 is 25.4. The van der Waals surface area contributed by atoms with Crippen molar-refractivity contribution >= 4 is 38.8 Å². The van der Waals surface area contributed by atoms with Crippen LogP contribution in [0.5, 0.6) is 0 Å². The third kappa shape index (κ3) is 3.48. The van der Waals surface area contributed by atoms with Gasteiger partial charge in [-0.2, -0.15) is 0 Å². The number of carbonyl (C=O) groups excluding carboxylic acids is 1. The summed E-state index contributed by atoms with van der Waals surface area (Å²) in [5.74, 6) is 0.0207. The Labute approximate surface area is 141 Å². The third-order valence-electron chi connectivity index (χ3n) is 3.79. The maximum Gasteiger partial charge on any atom is 0.184 e. The van der Waals surface area contributed by atoms with E-state index in [1.165, 1.54) is 18.2 Å². The predicted octanol–water partition coefficient (Wildman–Crippen LogP) is 3.11. The SMILES string of the molecule is CC(C)(C)C(=O)[C@@H]1C[C@@H](S(=O)(=O)c2ccc(Cl)cc2Cl)CN1. The van der Waals surface area contributed by atoms with Crippen molar-refractivity contribution in [1.82, 2.24) is 5.32 Å². The number of sulfone groups is 1. The molecule has 1 aliphatic rings. The summed E-state index contributed by atoms with van der Waals surface area (Å²) in [4.78, 5) is 12.4. The zero-order chi connectivity index (χ0) is 16.7. The van der Waals surface area contributed by atoms with E-state index in [4.69, 9.17) is 23.2 Å². The van der Waals surface area contributed by atoms with Crippen molar-refractivity contribution in [3.8, 4) is 0 Å². The molecule has 0 bridgehead atoms. The van der Waals surface area contributed by atoms with E-state index in [2.05, 4.69) is 5.32 Å². The van der Waals surface area contributed by atoms with Gasteiger partial charge in [-0.15, -0.1) is 0 Å². The molecule has 0 spiro atoms. The molecule has 1 aromatic carbocycles. The van der Waals surface area contributed by atoms with Gasteiger partial charge in [0.05, 0.1) is 21.2 Å².